The Morgan fingerprint density at radius 1 is 1.24 bits per heavy atom. The minimum Gasteiger partial charge on any atom is -0.347 e. The molecule has 0 bridgehead atoms. The zero-order valence-corrected chi connectivity index (χ0v) is 12.1. The average Bonchev–Trinajstić information content (AvgIpc) is 2.88. The molecule has 112 valence electrons. The molecular formula is C12H10F2N2O3S2. The number of hydrogen-bond donors (Lipinski definition) is 2. The van der Waals surface area contributed by atoms with Crippen LogP contribution in [0.5, 0.6) is 0 Å². The quantitative estimate of drug-likeness (QED) is 0.891. The number of carbonyl (C=O) groups is 1. The molecule has 1 amide bonds. The van der Waals surface area contributed by atoms with E-state index in [-0.39, 0.29) is 10.8 Å². The number of nitrogens with one attached hydrogen (secondary N) is 1. The van der Waals surface area contributed by atoms with Crippen LogP contribution in [0.1, 0.15) is 15.2 Å². The molecule has 9 heteroatoms. The van der Waals surface area contributed by atoms with Crippen molar-refractivity contribution in [1.82, 2.24) is 5.32 Å². The monoisotopic (exact) mass is 332 g/mol. The zero-order valence-electron chi connectivity index (χ0n) is 10.5. The largest absolute Gasteiger partial charge is 0.347 e. The van der Waals surface area contributed by atoms with Gasteiger partial charge in [0.15, 0.2) is 11.6 Å². The van der Waals surface area contributed by atoms with Gasteiger partial charge in [-0.3, -0.25) is 4.79 Å². The summed E-state index contributed by atoms with van der Waals surface area (Å²) in [5.41, 5.74) is -0.418. The van der Waals surface area contributed by atoms with Crippen LogP contribution in [-0.2, 0) is 16.6 Å². The molecule has 0 aliphatic heterocycles. The van der Waals surface area contributed by atoms with Gasteiger partial charge in [-0.05, 0) is 24.3 Å². The number of hydrogen-bond acceptors (Lipinski definition) is 4. The maximum Gasteiger partial charge on any atom is 0.254 e. The average molecular weight is 332 g/mol. The van der Waals surface area contributed by atoms with Gasteiger partial charge in [-0.25, -0.2) is 22.3 Å². The van der Waals surface area contributed by atoms with E-state index in [1.165, 1.54) is 18.2 Å². The summed E-state index contributed by atoms with van der Waals surface area (Å²) in [6, 6.07) is 6.07. The van der Waals surface area contributed by atoms with Crippen molar-refractivity contribution >= 4 is 27.3 Å². The van der Waals surface area contributed by atoms with Crippen molar-refractivity contribution in [3.05, 3.63) is 52.4 Å². The fourth-order valence-corrected chi connectivity index (χ4v) is 3.27. The lowest BCUT2D eigenvalue weighted by atomic mass is 10.2. The number of nitrogens with two attached hydrogens (primary N) is 1. The molecule has 2 rings (SSSR count). The summed E-state index contributed by atoms with van der Waals surface area (Å²) in [5.74, 6) is -3.14. The first-order valence-electron chi connectivity index (χ1n) is 5.63. The van der Waals surface area contributed by atoms with Crippen LogP contribution in [0.3, 0.4) is 0 Å². The second-order valence-corrected chi connectivity index (χ2v) is 7.01. The van der Waals surface area contributed by atoms with Crippen molar-refractivity contribution in [3.8, 4) is 0 Å². The highest BCUT2D eigenvalue weighted by Gasteiger charge is 2.16. The summed E-state index contributed by atoms with van der Waals surface area (Å²) in [7, 11) is -3.79. The smallest absolute Gasteiger partial charge is 0.254 e. The predicted molar refractivity (Wildman–Crippen MR) is 73.2 cm³/mol. The maximum atomic E-state index is 13.4. The lowest BCUT2D eigenvalue weighted by Gasteiger charge is -2.05. The Bertz CT molecular complexity index is 788. The van der Waals surface area contributed by atoms with Crippen molar-refractivity contribution in [2.75, 3.05) is 0 Å². The highest BCUT2D eigenvalue weighted by Crippen LogP contribution is 2.20. The minimum absolute atomic E-state index is 0.0189. The molecule has 5 nitrogen and oxygen atoms in total. The van der Waals surface area contributed by atoms with Gasteiger partial charge in [0.05, 0.1) is 12.1 Å². The van der Waals surface area contributed by atoms with E-state index < -0.39 is 33.1 Å². The van der Waals surface area contributed by atoms with Crippen LogP contribution in [-0.4, -0.2) is 14.3 Å². The number of carbonyl (C=O) groups excluding carboxylic acids is 1. The molecule has 0 atom stereocenters. The molecule has 0 spiro atoms. The maximum absolute atomic E-state index is 13.4. The summed E-state index contributed by atoms with van der Waals surface area (Å²) in [6.45, 7) is -0.0189. The van der Waals surface area contributed by atoms with Crippen LogP contribution >= 0.6 is 11.3 Å². The summed E-state index contributed by atoms with van der Waals surface area (Å²) >= 11 is 0.889. The molecule has 0 saturated heterocycles. The Balaban J connectivity index is 2.08. The van der Waals surface area contributed by atoms with Gasteiger partial charge in [-0.1, -0.05) is 6.07 Å². The normalized spacial score (nSPS) is 11.4. The van der Waals surface area contributed by atoms with Crippen LogP contribution in [0.25, 0.3) is 0 Å². The minimum atomic E-state index is -3.79. The molecular weight excluding hydrogens is 322 g/mol. The van der Waals surface area contributed by atoms with Gasteiger partial charge in [0.1, 0.15) is 4.21 Å². The number of benzene rings is 1. The van der Waals surface area contributed by atoms with E-state index in [9.17, 15) is 22.0 Å². The lowest BCUT2D eigenvalue weighted by molar-refractivity contribution is 0.0946. The number of halogens is 2. The highest BCUT2D eigenvalue weighted by molar-refractivity contribution is 7.91. The van der Waals surface area contributed by atoms with Crippen molar-refractivity contribution in [2.45, 2.75) is 10.8 Å². The molecule has 1 aromatic heterocycles. The molecule has 1 aromatic carbocycles. The van der Waals surface area contributed by atoms with E-state index in [0.717, 1.165) is 23.5 Å². The number of primary sulfonamides is 1. The molecule has 0 radical (unpaired) electrons. The Kier molecular flexibility index (Phi) is 4.35. The van der Waals surface area contributed by atoms with E-state index in [1.807, 2.05) is 0 Å². The second kappa shape index (κ2) is 5.88. The summed E-state index contributed by atoms with van der Waals surface area (Å²) in [4.78, 5) is 12.3. The van der Waals surface area contributed by atoms with Crippen molar-refractivity contribution in [2.24, 2.45) is 5.14 Å². The SMILES string of the molecule is NS(=O)(=O)c1ccc(CNC(=O)c2cccc(F)c2F)s1. The molecule has 2 aromatic rings. The molecule has 21 heavy (non-hydrogen) atoms. The zero-order chi connectivity index (χ0) is 15.6. The molecule has 0 aliphatic rings. The van der Waals surface area contributed by atoms with Crippen molar-refractivity contribution in [1.29, 1.82) is 0 Å². The third kappa shape index (κ3) is 3.63. The molecule has 0 fully saturated rings. The van der Waals surface area contributed by atoms with Gasteiger partial charge in [-0.15, -0.1) is 11.3 Å². The predicted octanol–water partition coefficient (Wildman–Crippen LogP) is 1.60. The third-order valence-electron chi connectivity index (χ3n) is 2.54. The second-order valence-electron chi connectivity index (χ2n) is 4.05. The standard InChI is InChI=1S/C12H10F2N2O3S2/c13-9-3-1-2-8(11(9)14)12(17)16-6-7-4-5-10(20-7)21(15,18)19/h1-5H,6H2,(H,16,17)(H2,15,18,19). The van der Waals surface area contributed by atoms with E-state index in [4.69, 9.17) is 5.14 Å². The van der Waals surface area contributed by atoms with Gasteiger partial charge in [-0.2, -0.15) is 0 Å². The highest BCUT2D eigenvalue weighted by atomic mass is 32.2. The molecule has 0 unspecified atom stereocenters. The van der Waals surface area contributed by atoms with E-state index in [0.29, 0.717) is 4.88 Å². The van der Waals surface area contributed by atoms with Crippen LogP contribution in [0.2, 0.25) is 0 Å². The van der Waals surface area contributed by atoms with Crippen LogP contribution in [0.4, 0.5) is 8.78 Å². The van der Waals surface area contributed by atoms with Gasteiger partial charge in [0, 0.05) is 4.88 Å². The summed E-state index contributed by atoms with van der Waals surface area (Å²) in [6.07, 6.45) is 0. The summed E-state index contributed by atoms with van der Waals surface area (Å²) in [5, 5.41) is 7.33. The summed E-state index contributed by atoms with van der Waals surface area (Å²) < 4.78 is 48.6. The van der Waals surface area contributed by atoms with Gasteiger partial charge >= 0.3 is 0 Å². The van der Waals surface area contributed by atoms with Crippen LogP contribution in [0, 0.1) is 11.6 Å². The Morgan fingerprint density at radius 3 is 2.57 bits per heavy atom. The number of rotatable bonds is 4. The van der Waals surface area contributed by atoms with Gasteiger partial charge in [0.25, 0.3) is 5.91 Å². The molecule has 0 saturated carbocycles. The fourth-order valence-electron chi connectivity index (χ4n) is 1.55. The number of sulfonamides is 1. The molecule has 0 aliphatic carbocycles. The van der Waals surface area contributed by atoms with Gasteiger partial charge < -0.3 is 5.32 Å². The van der Waals surface area contributed by atoms with Crippen LogP contribution < -0.4 is 10.5 Å². The third-order valence-corrected chi connectivity index (χ3v) is 5.06. The van der Waals surface area contributed by atoms with Crippen molar-refractivity contribution < 1.29 is 22.0 Å². The first kappa shape index (κ1) is 15.5. The molecule has 1 heterocycles. The van der Waals surface area contributed by atoms with Gasteiger partial charge in [0.2, 0.25) is 10.0 Å². The Morgan fingerprint density at radius 2 is 1.95 bits per heavy atom. The molecule has 3 N–H and O–H groups in total. The lowest BCUT2D eigenvalue weighted by Crippen LogP contribution is -2.23. The Labute approximate surface area is 123 Å². The first-order valence-corrected chi connectivity index (χ1v) is 7.99. The Hall–Kier alpha value is -1.84. The van der Waals surface area contributed by atoms with Crippen LogP contribution in [0.15, 0.2) is 34.5 Å². The number of thiophene rings is 1. The van der Waals surface area contributed by atoms with E-state index in [1.54, 1.807) is 0 Å². The number of amides is 1. The topological polar surface area (TPSA) is 89.3 Å². The van der Waals surface area contributed by atoms with E-state index >= 15 is 0 Å². The first-order chi connectivity index (χ1) is 9.79. The van der Waals surface area contributed by atoms with E-state index in [2.05, 4.69) is 5.32 Å². The fraction of sp³-hybridized carbons (Fsp3) is 0.0833. The van der Waals surface area contributed by atoms with Crippen molar-refractivity contribution in [3.63, 3.8) is 0 Å².